The van der Waals surface area contributed by atoms with Crippen LogP contribution in [0.15, 0.2) is 0 Å². The maximum atomic E-state index is 11.6. The van der Waals surface area contributed by atoms with Crippen LogP contribution in [0.4, 0.5) is 0 Å². The van der Waals surface area contributed by atoms with Gasteiger partial charge in [-0.1, -0.05) is 6.42 Å². The Morgan fingerprint density at radius 3 is 2.67 bits per heavy atom. The topological polar surface area (TPSA) is 92.4 Å². The van der Waals surface area contributed by atoms with E-state index >= 15 is 0 Å². The lowest BCUT2D eigenvalue weighted by atomic mass is 9.85. The minimum absolute atomic E-state index is 0.0784. The lowest BCUT2D eigenvalue weighted by molar-refractivity contribution is -0.142. The summed E-state index contributed by atoms with van der Waals surface area (Å²) in [5.74, 6) is -1.31. The van der Waals surface area contributed by atoms with E-state index < -0.39 is 12.0 Å². The summed E-state index contributed by atoms with van der Waals surface area (Å²) in [6.07, 6.45) is 3.38. The van der Waals surface area contributed by atoms with Gasteiger partial charge >= 0.3 is 5.97 Å². The number of carbonyl (C=O) groups is 2. The van der Waals surface area contributed by atoms with E-state index in [1.807, 2.05) is 0 Å². The summed E-state index contributed by atoms with van der Waals surface area (Å²) in [5, 5.41) is 11.1. The van der Waals surface area contributed by atoms with Crippen molar-refractivity contribution in [2.24, 2.45) is 11.7 Å². The summed E-state index contributed by atoms with van der Waals surface area (Å²) in [4.78, 5) is 22.2. The smallest absolute Gasteiger partial charge is 0.325 e. The molecule has 0 aromatic heterocycles. The van der Waals surface area contributed by atoms with Crippen LogP contribution in [0.2, 0.25) is 0 Å². The summed E-state index contributed by atoms with van der Waals surface area (Å²) >= 11 is 0. The maximum Gasteiger partial charge on any atom is 0.325 e. The molecular formula is C10H18N2O3. The van der Waals surface area contributed by atoms with Crippen LogP contribution in [0.1, 0.15) is 32.6 Å². The zero-order chi connectivity index (χ0) is 11.4. The zero-order valence-corrected chi connectivity index (χ0v) is 8.90. The summed E-state index contributed by atoms with van der Waals surface area (Å²) in [5.41, 5.74) is 5.76. The van der Waals surface area contributed by atoms with Crippen molar-refractivity contribution in [3.05, 3.63) is 0 Å². The predicted molar refractivity (Wildman–Crippen MR) is 55.2 cm³/mol. The van der Waals surface area contributed by atoms with Crippen LogP contribution in [0, 0.1) is 5.92 Å². The Bertz CT molecular complexity index is 255. The lowest BCUT2D eigenvalue weighted by Gasteiger charge is -2.26. The van der Waals surface area contributed by atoms with Crippen molar-refractivity contribution >= 4 is 11.9 Å². The van der Waals surface area contributed by atoms with Crippen molar-refractivity contribution < 1.29 is 14.7 Å². The molecule has 5 nitrogen and oxygen atoms in total. The highest BCUT2D eigenvalue weighted by Gasteiger charge is 2.27. The predicted octanol–water partition coefficient (Wildman–Crippen LogP) is 0.0932. The number of carbonyl (C=O) groups excluding carboxylic acids is 1. The van der Waals surface area contributed by atoms with Crippen molar-refractivity contribution in [2.75, 3.05) is 0 Å². The molecule has 1 fully saturated rings. The maximum absolute atomic E-state index is 11.6. The summed E-state index contributed by atoms with van der Waals surface area (Å²) < 4.78 is 0. The van der Waals surface area contributed by atoms with E-state index in [1.54, 1.807) is 0 Å². The average molecular weight is 214 g/mol. The van der Waals surface area contributed by atoms with E-state index in [9.17, 15) is 9.59 Å². The monoisotopic (exact) mass is 214 g/mol. The fourth-order valence-electron chi connectivity index (χ4n) is 1.86. The van der Waals surface area contributed by atoms with Gasteiger partial charge in [-0.3, -0.25) is 9.59 Å². The van der Waals surface area contributed by atoms with Gasteiger partial charge in [-0.25, -0.2) is 0 Å². The fraction of sp³-hybridized carbons (Fsp3) is 0.800. The molecule has 5 heteroatoms. The van der Waals surface area contributed by atoms with Gasteiger partial charge in [0.05, 0.1) is 0 Å². The standard InChI is InChI=1S/C10H18N2O3/c1-6(10(14)15)12-9(13)7-3-2-4-8(11)5-7/h6-8H,2-5,11H2,1H3,(H,12,13)(H,14,15). The number of aliphatic carboxylic acids is 1. The van der Waals surface area contributed by atoms with Crippen LogP contribution in [0.25, 0.3) is 0 Å². The number of carboxylic acid groups (broad SMARTS) is 1. The summed E-state index contributed by atoms with van der Waals surface area (Å²) in [6, 6.07) is -0.745. The van der Waals surface area contributed by atoms with E-state index in [1.165, 1.54) is 6.92 Å². The van der Waals surface area contributed by atoms with E-state index in [-0.39, 0.29) is 17.9 Å². The second-order valence-corrected chi connectivity index (χ2v) is 4.19. The van der Waals surface area contributed by atoms with Gasteiger partial charge in [-0.15, -0.1) is 0 Å². The number of rotatable bonds is 3. The Balaban J connectivity index is 2.42. The molecular weight excluding hydrogens is 196 g/mol. The number of amides is 1. The Kier molecular flexibility index (Phi) is 4.08. The second kappa shape index (κ2) is 5.11. The highest BCUT2D eigenvalue weighted by Crippen LogP contribution is 2.23. The largest absolute Gasteiger partial charge is 0.480 e. The van der Waals surface area contributed by atoms with Gasteiger partial charge in [0.2, 0.25) is 5.91 Å². The lowest BCUT2D eigenvalue weighted by Crippen LogP contribution is -2.44. The van der Waals surface area contributed by atoms with Gasteiger partial charge in [0.25, 0.3) is 0 Å². The number of nitrogens with one attached hydrogen (secondary N) is 1. The van der Waals surface area contributed by atoms with Crippen LogP contribution in [0.5, 0.6) is 0 Å². The van der Waals surface area contributed by atoms with Gasteiger partial charge in [0, 0.05) is 12.0 Å². The molecule has 3 atom stereocenters. The zero-order valence-electron chi connectivity index (χ0n) is 8.90. The Morgan fingerprint density at radius 1 is 1.47 bits per heavy atom. The molecule has 0 aromatic carbocycles. The first-order valence-electron chi connectivity index (χ1n) is 5.29. The second-order valence-electron chi connectivity index (χ2n) is 4.19. The third-order valence-corrected chi connectivity index (χ3v) is 2.81. The van der Waals surface area contributed by atoms with E-state index in [0.29, 0.717) is 6.42 Å². The highest BCUT2D eigenvalue weighted by atomic mass is 16.4. The van der Waals surface area contributed by atoms with Crippen LogP contribution in [-0.4, -0.2) is 29.1 Å². The highest BCUT2D eigenvalue weighted by molar-refractivity contribution is 5.84. The Morgan fingerprint density at radius 2 is 2.13 bits per heavy atom. The molecule has 0 aliphatic heterocycles. The van der Waals surface area contributed by atoms with E-state index in [4.69, 9.17) is 10.8 Å². The third-order valence-electron chi connectivity index (χ3n) is 2.81. The van der Waals surface area contributed by atoms with Gasteiger partial charge in [-0.05, 0) is 26.2 Å². The van der Waals surface area contributed by atoms with Gasteiger partial charge in [0.15, 0.2) is 0 Å². The van der Waals surface area contributed by atoms with Crippen molar-refractivity contribution in [3.63, 3.8) is 0 Å². The number of hydrogen-bond donors (Lipinski definition) is 3. The van der Waals surface area contributed by atoms with Crippen LogP contribution in [-0.2, 0) is 9.59 Å². The molecule has 1 saturated carbocycles. The molecule has 0 radical (unpaired) electrons. The molecule has 0 aromatic rings. The van der Waals surface area contributed by atoms with Crippen molar-refractivity contribution in [2.45, 2.75) is 44.7 Å². The van der Waals surface area contributed by atoms with Gasteiger partial charge in [0.1, 0.15) is 6.04 Å². The molecule has 4 N–H and O–H groups in total. The minimum atomic E-state index is -1.01. The molecule has 0 heterocycles. The molecule has 0 saturated heterocycles. The first-order chi connectivity index (χ1) is 7.00. The van der Waals surface area contributed by atoms with E-state index in [0.717, 1.165) is 19.3 Å². The normalized spacial score (nSPS) is 28.1. The van der Waals surface area contributed by atoms with Crippen molar-refractivity contribution in [3.8, 4) is 0 Å². The van der Waals surface area contributed by atoms with Gasteiger partial charge in [-0.2, -0.15) is 0 Å². The molecule has 15 heavy (non-hydrogen) atoms. The first-order valence-corrected chi connectivity index (χ1v) is 5.29. The third kappa shape index (κ3) is 3.51. The molecule has 0 bridgehead atoms. The quantitative estimate of drug-likeness (QED) is 0.621. The molecule has 1 rings (SSSR count). The molecule has 1 aliphatic carbocycles. The van der Waals surface area contributed by atoms with Crippen LogP contribution in [0.3, 0.4) is 0 Å². The molecule has 1 amide bonds. The molecule has 0 spiro atoms. The summed E-state index contributed by atoms with van der Waals surface area (Å²) in [7, 11) is 0. The molecule has 86 valence electrons. The molecule has 1 aliphatic rings. The van der Waals surface area contributed by atoms with E-state index in [2.05, 4.69) is 5.32 Å². The van der Waals surface area contributed by atoms with Crippen LogP contribution >= 0.6 is 0 Å². The molecule has 3 unspecified atom stereocenters. The van der Waals surface area contributed by atoms with Crippen LogP contribution < -0.4 is 11.1 Å². The fourth-order valence-corrected chi connectivity index (χ4v) is 1.86. The SMILES string of the molecule is CC(NC(=O)C1CCCC(N)C1)C(=O)O. The van der Waals surface area contributed by atoms with Crippen molar-refractivity contribution in [1.82, 2.24) is 5.32 Å². The minimum Gasteiger partial charge on any atom is -0.480 e. The summed E-state index contributed by atoms with van der Waals surface area (Å²) in [6.45, 7) is 1.46. The Labute approximate surface area is 89.0 Å². The number of hydrogen-bond acceptors (Lipinski definition) is 3. The average Bonchev–Trinajstić information content (AvgIpc) is 2.17. The Hall–Kier alpha value is -1.10. The first kappa shape index (κ1) is 12.0. The van der Waals surface area contributed by atoms with Gasteiger partial charge < -0.3 is 16.2 Å². The number of carboxylic acids is 1. The number of nitrogens with two attached hydrogens (primary N) is 1. The van der Waals surface area contributed by atoms with Crippen molar-refractivity contribution in [1.29, 1.82) is 0 Å².